The maximum Gasteiger partial charge on any atom is 0.245 e. The van der Waals surface area contributed by atoms with Crippen molar-refractivity contribution in [2.45, 2.75) is 38.9 Å². The molecular formula is C33H35ClFN7O3. The van der Waals surface area contributed by atoms with E-state index in [1.165, 1.54) is 22.6 Å². The zero-order valence-electron chi connectivity index (χ0n) is 25.3. The van der Waals surface area contributed by atoms with E-state index in [4.69, 9.17) is 16.6 Å². The molecule has 1 saturated heterocycles. The molecule has 4 aromatic rings. The predicted octanol–water partition coefficient (Wildman–Crippen LogP) is 4.15. The van der Waals surface area contributed by atoms with E-state index in [1.807, 2.05) is 36.5 Å². The first-order chi connectivity index (χ1) is 21.7. The average Bonchev–Trinajstić information content (AvgIpc) is 3.82. The number of likely N-dealkylation sites (N-methyl/N-ethyl adjacent to an activating group) is 1. The van der Waals surface area contributed by atoms with E-state index in [0.29, 0.717) is 10.9 Å². The van der Waals surface area contributed by atoms with Gasteiger partial charge in [-0.05, 0) is 55.8 Å². The van der Waals surface area contributed by atoms with Crippen LogP contribution in [0.3, 0.4) is 0 Å². The molecule has 234 valence electrons. The summed E-state index contributed by atoms with van der Waals surface area (Å²) in [5.74, 6) is -0.536. The molecule has 6 rings (SSSR count). The number of amides is 2. The number of piperazine rings is 1. The highest BCUT2D eigenvalue weighted by Gasteiger charge is 2.34. The number of Topliss-reactive ketones (excluding diaryl/α,β-unsaturated/α-hetero) is 1. The van der Waals surface area contributed by atoms with Gasteiger partial charge in [0.05, 0.1) is 17.1 Å². The van der Waals surface area contributed by atoms with Crippen molar-refractivity contribution in [1.29, 1.82) is 0 Å². The Morgan fingerprint density at radius 2 is 1.80 bits per heavy atom. The van der Waals surface area contributed by atoms with Gasteiger partial charge in [-0.3, -0.25) is 19.1 Å². The van der Waals surface area contributed by atoms with Gasteiger partial charge in [0.1, 0.15) is 23.9 Å². The fourth-order valence-electron chi connectivity index (χ4n) is 5.63. The lowest BCUT2D eigenvalue weighted by atomic mass is 10.0. The summed E-state index contributed by atoms with van der Waals surface area (Å²) in [4.78, 5) is 49.7. The van der Waals surface area contributed by atoms with Gasteiger partial charge in [-0.2, -0.15) is 5.10 Å². The zero-order valence-corrected chi connectivity index (χ0v) is 26.1. The molecule has 3 heterocycles. The van der Waals surface area contributed by atoms with Gasteiger partial charge in [0.2, 0.25) is 11.8 Å². The first-order valence-electron chi connectivity index (χ1n) is 15.1. The van der Waals surface area contributed by atoms with E-state index in [9.17, 15) is 18.8 Å². The predicted molar refractivity (Wildman–Crippen MR) is 171 cm³/mol. The molecule has 10 nitrogen and oxygen atoms in total. The first kappa shape index (κ1) is 30.7. The molecular weight excluding hydrogens is 597 g/mol. The fourth-order valence-corrected chi connectivity index (χ4v) is 5.83. The Bertz CT molecular complexity index is 1750. The van der Waals surface area contributed by atoms with Crippen LogP contribution >= 0.6 is 11.6 Å². The number of rotatable bonds is 10. The largest absolute Gasteiger partial charge is 0.354 e. The topological polar surface area (TPSA) is 104 Å². The van der Waals surface area contributed by atoms with Crippen molar-refractivity contribution in [1.82, 2.24) is 29.9 Å². The lowest BCUT2D eigenvalue weighted by Gasteiger charge is -2.33. The normalized spacial score (nSPS) is 15.3. The Kier molecular flexibility index (Phi) is 8.82. The van der Waals surface area contributed by atoms with Crippen molar-refractivity contribution in [2.24, 2.45) is 0 Å². The smallest absolute Gasteiger partial charge is 0.245 e. The van der Waals surface area contributed by atoms with Crippen molar-refractivity contribution in [3.05, 3.63) is 76.8 Å². The minimum absolute atomic E-state index is 0.0178. The van der Waals surface area contributed by atoms with Gasteiger partial charge >= 0.3 is 0 Å². The molecule has 2 aromatic carbocycles. The second kappa shape index (κ2) is 12.9. The van der Waals surface area contributed by atoms with Crippen LogP contribution in [0.25, 0.3) is 22.0 Å². The molecule has 1 aliphatic heterocycles. The van der Waals surface area contributed by atoms with Crippen LogP contribution < -0.4 is 10.2 Å². The number of anilines is 1. The summed E-state index contributed by atoms with van der Waals surface area (Å²) in [5.41, 5.74) is 3.00. The number of benzene rings is 2. The van der Waals surface area contributed by atoms with Crippen molar-refractivity contribution < 1.29 is 18.8 Å². The number of nitrogens with one attached hydrogen (secondary N) is 1. The molecule has 0 unspecified atom stereocenters. The number of hydrogen-bond acceptors (Lipinski definition) is 7. The number of ketones is 1. The van der Waals surface area contributed by atoms with Crippen molar-refractivity contribution in [2.75, 3.05) is 44.7 Å². The maximum atomic E-state index is 14.2. The Hall–Kier alpha value is -4.35. The number of hydrogen-bond donors (Lipinski definition) is 1. The molecule has 2 amide bonds. The van der Waals surface area contributed by atoms with E-state index in [2.05, 4.69) is 27.3 Å². The zero-order chi connectivity index (χ0) is 31.7. The van der Waals surface area contributed by atoms with Gasteiger partial charge in [0.15, 0.2) is 5.78 Å². The van der Waals surface area contributed by atoms with E-state index >= 15 is 0 Å². The van der Waals surface area contributed by atoms with E-state index in [-0.39, 0.29) is 53.6 Å². The number of fused-ring (bicyclic) bond motifs is 1. The number of carbonyl (C=O) groups is 3. The molecule has 2 fully saturated rings. The van der Waals surface area contributed by atoms with Gasteiger partial charge in [-0.15, -0.1) is 0 Å². The number of halogens is 2. The Morgan fingerprint density at radius 1 is 1.04 bits per heavy atom. The highest BCUT2D eigenvalue weighted by Crippen LogP contribution is 2.30. The minimum Gasteiger partial charge on any atom is -0.354 e. The molecule has 45 heavy (non-hydrogen) atoms. The first-order valence-corrected chi connectivity index (χ1v) is 15.5. The van der Waals surface area contributed by atoms with Crippen LogP contribution in [0.4, 0.5) is 10.2 Å². The SMILES string of the molecule is CC(=O)c1nn(CC(=O)N(CC(=O)NCc2cccc(Cl)c2F)C2CC2)c2ccc(-c3ccc(N4CCN(C)CC4)nc3)cc12. The van der Waals surface area contributed by atoms with Crippen LogP contribution in [0.5, 0.6) is 0 Å². The molecule has 1 N–H and O–H groups in total. The number of nitrogens with zero attached hydrogens (tertiary/aromatic N) is 6. The Balaban J connectivity index is 1.17. The molecule has 0 spiro atoms. The van der Waals surface area contributed by atoms with Crippen LogP contribution in [0, 0.1) is 5.82 Å². The molecule has 12 heteroatoms. The third-order valence-corrected chi connectivity index (χ3v) is 8.70. The van der Waals surface area contributed by atoms with Gasteiger partial charge in [-0.25, -0.2) is 9.37 Å². The van der Waals surface area contributed by atoms with Gasteiger partial charge in [-0.1, -0.05) is 29.8 Å². The monoisotopic (exact) mass is 631 g/mol. The van der Waals surface area contributed by atoms with Crippen molar-refractivity contribution in [3.8, 4) is 11.1 Å². The Morgan fingerprint density at radius 3 is 2.49 bits per heavy atom. The third-order valence-electron chi connectivity index (χ3n) is 8.41. The summed E-state index contributed by atoms with van der Waals surface area (Å²) in [5, 5.41) is 7.83. The fraction of sp³-hybridized carbons (Fsp3) is 0.364. The lowest BCUT2D eigenvalue weighted by molar-refractivity contribution is -0.137. The highest BCUT2D eigenvalue weighted by atomic mass is 35.5. The van der Waals surface area contributed by atoms with Crippen LogP contribution in [0.15, 0.2) is 54.7 Å². The Labute approximate surface area is 265 Å². The molecule has 0 bridgehead atoms. The summed E-state index contributed by atoms with van der Waals surface area (Å²) in [6, 6.07) is 14.3. The minimum atomic E-state index is -0.580. The van der Waals surface area contributed by atoms with Gasteiger partial charge in [0.25, 0.3) is 0 Å². The molecule has 1 saturated carbocycles. The highest BCUT2D eigenvalue weighted by molar-refractivity contribution is 6.30. The summed E-state index contributed by atoms with van der Waals surface area (Å²) in [6.07, 6.45) is 3.44. The van der Waals surface area contributed by atoms with E-state index < -0.39 is 11.7 Å². The summed E-state index contributed by atoms with van der Waals surface area (Å²) in [6.45, 7) is 4.98. The maximum absolute atomic E-state index is 14.2. The number of aromatic nitrogens is 3. The molecule has 0 atom stereocenters. The number of carbonyl (C=O) groups excluding carboxylic acids is 3. The second-order valence-corrected chi connectivity index (χ2v) is 12.1. The summed E-state index contributed by atoms with van der Waals surface area (Å²) < 4.78 is 15.8. The quantitative estimate of drug-likeness (QED) is 0.262. The van der Waals surface area contributed by atoms with Crippen molar-refractivity contribution >= 4 is 45.9 Å². The van der Waals surface area contributed by atoms with Gasteiger partial charge in [0, 0.05) is 68.4 Å². The molecule has 1 aliphatic carbocycles. The van der Waals surface area contributed by atoms with Gasteiger partial charge < -0.3 is 20.0 Å². The third kappa shape index (κ3) is 6.84. The lowest BCUT2D eigenvalue weighted by Crippen LogP contribution is -2.44. The molecule has 0 radical (unpaired) electrons. The van der Waals surface area contributed by atoms with Crippen LogP contribution in [-0.2, 0) is 22.7 Å². The van der Waals surface area contributed by atoms with Crippen LogP contribution in [0.2, 0.25) is 5.02 Å². The molecule has 2 aromatic heterocycles. The van der Waals surface area contributed by atoms with Crippen molar-refractivity contribution in [3.63, 3.8) is 0 Å². The van der Waals surface area contributed by atoms with Crippen LogP contribution in [0.1, 0.15) is 35.8 Å². The second-order valence-electron chi connectivity index (χ2n) is 11.7. The van der Waals surface area contributed by atoms with E-state index in [1.54, 1.807) is 12.1 Å². The number of pyridine rings is 1. The standard InChI is InChI=1S/C33H35ClFN7O3/c1-21(43)33-26-16-22(23-7-11-29(36-17-23)40-14-12-39(2)13-15-40)6-10-28(26)42(38-33)20-31(45)41(25-8-9-25)19-30(44)37-18-24-4-3-5-27(34)32(24)35/h3-7,10-11,16-17,25H,8-9,12-15,18-20H2,1-2H3,(H,37,44). The van der Waals surface area contributed by atoms with Crippen LogP contribution in [-0.4, -0.2) is 88.0 Å². The van der Waals surface area contributed by atoms with E-state index in [0.717, 1.165) is 56.0 Å². The molecule has 2 aliphatic rings. The summed E-state index contributed by atoms with van der Waals surface area (Å²) in [7, 11) is 2.12. The average molecular weight is 632 g/mol. The summed E-state index contributed by atoms with van der Waals surface area (Å²) >= 11 is 5.84.